The third kappa shape index (κ3) is 7.79. The minimum absolute atomic E-state index is 0.0193. The van der Waals surface area contributed by atoms with Crippen molar-refractivity contribution in [2.24, 2.45) is 0 Å². The highest BCUT2D eigenvalue weighted by molar-refractivity contribution is 5.88. The van der Waals surface area contributed by atoms with Gasteiger partial charge in [-0.15, -0.1) is 0 Å². The number of hydrogen-bond acceptors (Lipinski definition) is 4. The average molecular weight is 497 g/mol. The summed E-state index contributed by atoms with van der Waals surface area (Å²) in [5, 5.41) is 9.52. The fourth-order valence-corrected chi connectivity index (χ4v) is 6.14. The molecule has 1 saturated heterocycles. The summed E-state index contributed by atoms with van der Waals surface area (Å²) in [5.41, 5.74) is 1.17. The van der Waals surface area contributed by atoms with Crippen LogP contribution in [0.1, 0.15) is 89.0 Å². The molecule has 2 atom stereocenters. The molecule has 36 heavy (non-hydrogen) atoms. The monoisotopic (exact) mass is 496 g/mol. The summed E-state index contributed by atoms with van der Waals surface area (Å²) in [6, 6.07) is 9.61. The summed E-state index contributed by atoms with van der Waals surface area (Å²) in [5.74, 6) is -0.165. The Morgan fingerprint density at radius 1 is 0.694 bits per heavy atom. The van der Waals surface area contributed by atoms with Gasteiger partial charge in [0, 0.05) is 18.6 Å². The highest BCUT2D eigenvalue weighted by Gasteiger charge is 2.40. The summed E-state index contributed by atoms with van der Waals surface area (Å²) < 4.78 is 0. The summed E-state index contributed by atoms with van der Waals surface area (Å²) in [4.78, 5) is 41.7. The van der Waals surface area contributed by atoms with Crippen molar-refractivity contribution in [3.05, 3.63) is 35.9 Å². The number of nitrogens with zero attached hydrogens (tertiary/aromatic N) is 1. The second-order valence-corrected chi connectivity index (χ2v) is 10.9. The molecular formula is C29H44N4O3. The topological polar surface area (TPSA) is 90.5 Å². The van der Waals surface area contributed by atoms with E-state index in [4.69, 9.17) is 0 Å². The zero-order chi connectivity index (χ0) is 25.2. The third-order valence-corrected chi connectivity index (χ3v) is 8.17. The predicted molar refractivity (Wildman–Crippen MR) is 141 cm³/mol. The third-order valence-electron chi connectivity index (χ3n) is 8.17. The molecule has 2 aliphatic carbocycles. The molecule has 7 nitrogen and oxygen atoms in total. The molecule has 2 saturated carbocycles. The molecule has 0 spiro atoms. The molecule has 0 aromatic heterocycles. The van der Waals surface area contributed by atoms with Crippen LogP contribution in [0.5, 0.6) is 0 Å². The van der Waals surface area contributed by atoms with Crippen LogP contribution in [-0.4, -0.2) is 59.9 Å². The first-order valence-electron chi connectivity index (χ1n) is 14.3. The van der Waals surface area contributed by atoms with E-state index in [1.807, 2.05) is 35.2 Å². The van der Waals surface area contributed by atoms with Gasteiger partial charge < -0.3 is 16.0 Å². The number of piperidine rings is 1. The SMILES string of the molecule is O=C(CN1[C@@H](C(=O)NC2CCCCC2)CCC[C@H]1C(=O)NC1CCCCC1)NCCc1ccccc1. The lowest BCUT2D eigenvalue weighted by Crippen LogP contribution is -2.61. The van der Waals surface area contributed by atoms with Crippen LogP contribution in [0, 0.1) is 0 Å². The molecule has 7 heteroatoms. The van der Waals surface area contributed by atoms with Gasteiger partial charge in [0.1, 0.15) is 0 Å². The van der Waals surface area contributed by atoms with E-state index < -0.39 is 12.1 Å². The Bertz CT molecular complexity index is 809. The van der Waals surface area contributed by atoms with Crippen molar-refractivity contribution >= 4 is 17.7 Å². The maximum absolute atomic E-state index is 13.4. The molecule has 1 aliphatic heterocycles. The second-order valence-electron chi connectivity index (χ2n) is 10.9. The smallest absolute Gasteiger partial charge is 0.237 e. The summed E-state index contributed by atoms with van der Waals surface area (Å²) in [6.07, 6.45) is 14.1. The number of carbonyl (C=O) groups is 3. The minimum atomic E-state index is -0.442. The molecule has 0 unspecified atom stereocenters. The first kappa shape index (κ1) is 26.6. The molecule has 1 aromatic carbocycles. The molecular weight excluding hydrogens is 452 g/mol. The Morgan fingerprint density at radius 2 is 1.22 bits per heavy atom. The average Bonchev–Trinajstić information content (AvgIpc) is 2.90. The van der Waals surface area contributed by atoms with Gasteiger partial charge in [0.2, 0.25) is 17.7 Å². The Morgan fingerprint density at radius 3 is 1.75 bits per heavy atom. The van der Waals surface area contributed by atoms with Crippen molar-refractivity contribution in [2.45, 2.75) is 114 Å². The van der Waals surface area contributed by atoms with Crippen LogP contribution in [0.3, 0.4) is 0 Å². The highest BCUT2D eigenvalue weighted by Crippen LogP contribution is 2.26. The van der Waals surface area contributed by atoms with E-state index in [2.05, 4.69) is 16.0 Å². The van der Waals surface area contributed by atoms with Gasteiger partial charge in [-0.25, -0.2) is 0 Å². The second kappa shape index (κ2) is 13.8. The Labute approximate surface area is 216 Å². The lowest BCUT2D eigenvalue weighted by atomic mass is 9.91. The van der Waals surface area contributed by atoms with Crippen LogP contribution in [-0.2, 0) is 20.8 Å². The molecule has 4 rings (SSSR count). The van der Waals surface area contributed by atoms with Gasteiger partial charge in [-0.1, -0.05) is 68.9 Å². The lowest BCUT2D eigenvalue weighted by molar-refractivity contribution is -0.138. The highest BCUT2D eigenvalue weighted by atomic mass is 16.2. The molecule has 0 radical (unpaired) electrons. The van der Waals surface area contributed by atoms with Crippen molar-refractivity contribution in [3.63, 3.8) is 0 Å². The normalized spacial score (nSPS) is 24.1. The van der Waals surface area contributed by atoms with Crippen molar-refractivity contribution < 1.29 is 14.4 Å². The molecule has 1 heterocycles. The van der Waals surface area contributed by atoms with E-state index in [9.17, 15) is 14.4 Å². The van der Waals surface area contributed by atoms with Crippen LogP contribution < -0.4 is 16.0 Å². The van der Waals surface area contributed by atoms with E-state index in [-0.39, 0.29) is 36.3 Å². The molecule has 3 fully saturated rings. The Hall–Kier alpha value is -2.41. The van der Waals surface area contributed by atoms with E-state index >= 15 is 0 Å². The van der Waals surface area contributed by atoms with Crippen LogP contribution in [0.15, 0.2) is 30.3 Å². The Balaban J connectivity index is 1.40. The number of hydrogen-bond donors (Lipinski definition) is 3. The molecule has 1 aromatic rings. The van der Waals surface area contributed by atoms with Crippen molar-refractivity contribution in [3.8, 4) is 0 Å². The summed E-state index contributed by atoms with van der Waals surface area (Å²) in [6.45, 7) is 0.606. The predicted octanol–water partition coefficient (Wildman–Crippen LogP) is 3.47. The van der Waals surface area contributed by atoms with E-state index in [1.54, 1.807) is 0 Å². The van der Waals surface area contributed by atoms with Gasteiger partial charge in [-0.05, 0) is 56.9 Å². The van der Waals surface area contributed by atoms with Gasteiger partial charge >= 0.3 is 0 Å². The van der Waals surface area contributed by atoms with Gasteiger partial charge in [-0.3, -0.25) is 19.3 Å². The summed E-state index contributed by atoms with van der Waals surface area (Å²) >= 11 is 0. The van der Waals surface area contributed by atoms with Crippen LogP contribution >= 0.6 is 0 Å². The van der Waals surface area contributed by atoms with Crippen LogP contribution in [0.25, 0.3) is 0 Å². The number of rotatable bonds is 9. The minimum Gasteiger partial charge on any atom is -0.355 e. The first-order chi connectivity index (χ1) is 17.6. The molecule has 3 aliphatic rings. The zero-order valence-corrected chi connectivity index (χ0v) is 21.7. The van der Waals surface area contributed by atoms with Crippen molar-refractivity contribution in [2.75, 3.05) is 13.1 Å². The Kier molecular flexibility index (Phi) is 10.2. The van der Waals surface area contributed by atoms with Crippen molar-refractivity contribution in [1.29, 1.82) is 0 Å². The van der Waals surface area contributed by atoms with Gasteiger partial charge in [0.15, 0.2) is 0 Å². The van der Waals surface area contributed by atoms with Crippen LogP contribution in [0.2, 0.25) is 0 Å². The standard InChI is InChI=1S/C29H44N4O3/c34-27(30-20-19-22-11-4-1-5-12-22)21-33-25(28(35)31-23-13-6-2-7-14-23)17-10-18-26(33)29(36)32-24-15-8-3-9-16-24/h1,4-5,11-12,23-26H,2-3,6-10,13-21H2,(H,30,34)(H,31,35)(H,32,36)/t25-,26+. The lowest BCUT2D eigenvalue weighted by Gasteiger charge is -2.41. The number of benzene rings is 1. The number of amides is 3. The molecule has 0 bridgehead atoms. The summed E-state index contributed by atoms with van der Waals surface area (Å²) in [7, 11) is 0. The van der Waals surface area contributed by atoms with E-state index in [0.717, 1.165) is 64.2 Å². The van der Waals surface area contributed by atoms with E-state index in [1.165, 1.54) is 18.4 Å². The maximum atomic E-state index is 13.4. The van der Waals surface area contributed by atoms with Gasteiger partial charge in [-0.2, -0.15) is 0 Å². The van der Waals surface area contributed by atoms with Crippen molar-refractivity contribution in [1.82, 2.24) is 20.9 Å². The number of carbonyl (C=O) groups excluding carboxylic acids is 3. The van der Waals surface area contributed by atoms with Gasteiger partial charge in [0.05, 0.1) is 18.6 Å². The largest absolute Gasteiger partial charge is 0.355 e. The first-order valence-corrected chi connectivity index (χ1v) is 14.3. The fraction of sp³-hybridized carbons (Fsp3) is 0.690. The zero-order valence-electron chi connectivity index (χ0n) is 21.7. The quantitative estimate of drug-likeness (QED) is 0.488. The van der Waals surface area contributed by atoms with E-state index in [0.29, 0.717) is 19.4 Å². The fourth-order valence-electron chi connectivity index (χ4n) is 6.14. The van der Waals surface area contributed by atoms with Gasteiger partial charge in [0.25, 0.3) is 0 Å². The number of likely N-dealkylation sites (tertiary alicyclic amines) is 1. The maximum Gasteiger partial charge on any atom is 0.237 e. The number of nitrogens with one attached hydrogen (secondary N) is 3. The van der Waals surface area contributed by atoms with Crippen LogP contribution in [0.4, 0.5) is 0 Å². The molecule has 198 valence electrons. The molecule has 3 N–H and O–H groups in total. The molecule has 3 amide bonds.